The van der Waals surface area contributed by atoms with Crippen molar-refractivity contribution in [2.24, 2.45) is 4.99 Å². The second kappa shape index (κ2) is 6.88. The lowest BCUT2D eigenvalue weighted by Gasteiger charge is -2.23. The van der Waals surface area contributed by atoms with Gasteiger partial charge in [-0.25, -0.2) is 4.99 Å². The number of nitro benzene ring substituents is 1. The van der Waals surface area contributed by atoms with Gasteiger partial charge in [0.05, 0.1) is 11.5 Å². The summed E-state index contributed by atoms with van der Waals surface area (Å²) >= 11 is 0. The molecule has 0 fully saturated rings. The van der Waals surface area contributed by atoms with Crippen molar-refractivity contribution in [2.45, 2.75) is 39.8 Å². The smallest absolute Gasteiger partial charge is 0.269 e. The van der Waals surface area contributed by atoms with Crippen LogP contribution in [0, 0.1) is 10.1 Å². The normalized spacial score (nSPS) is 12.1. The Labute approximate surface area is 119 Å². The van der Waals surface area contributed by atoms with Crippen molar-refractivity contribution in [1.29, 1.82) is 0 Å². The Hall–Kier alpha value is -2.11. The summed E-state index contributed by atoms with van der Waals surface area (Å²) in [7, 11) is 0. The van der Waals surface area contributed by atoms with Gasteiger partial charge in [-0.15, -0.1) is 0 Å². The molecule has 0 saturated heterocycles. The molecule has 1 aromatic rings. The highest BCUT2D eigenvalue weighted by Crippen LogP contribution is 2.13. The zero-order chi connectivity index (χ0) is 15.2. The summed E-state index contributed by atoms with van der Waals surface area (Å²) in [5.41, 5.74) is 0.806. The van der Waals surface area contributed by atoms with E-state index in [1.54, 1.807) is 12.1 Å². The summed E-state index contributed by atoms with van der Waals surface area (Å²) in [6.45, 7) is 9.30. The quantitative estimate of drug-likeness (QED) is 0.384. The molecule has 2 N–H and O–H groups in total. The number of hydrogen-bond donors (Lipinski definition) is 2. The average molecular weight is 278 g/mol. The van der Waals surface area contributed by atoms with Crippen LogP contribution in [0.1, 0.15) is 33.3 Å². The zero-order valence-corrected chi connectivity index (χ0v) is 12.4. The van der Waals surface area contributed by atoms with Crippen LogP contribution in [0.2, 0.25) is 0 Å². The molecule has 6 nitrogen and oxygen atoms in total. The highest BCUT2D eigenvalue weighted by Gasteiger charge is 2.11. The summed E-state index contributed by atoms with van der Waals surface area (Å²) in [4.78, 5) is 14.8. The van der Waals surface area contributed by atoms with Crippen LogP contribution in [0.3, 0.4) is 0 Å². The van der Waals surface area contributed by atoms with E-state index in [4.69, 9.17) is 0 Å². The zero-order valence-electron chi connectivity index (χ0n) is 12.4. The Morgan fingerprint density at radius 2 is 2.10 bits per heavy atom. The number of guanidine groups is 1. The molecule has 1 aromatic carbocycles. The molecule has 110 valence electrons. The topological polar surface area (TPSA) is 79.6 Å². The number of nitrogens with zero attached hydrogens (tertiary/aromatic N) is 2. The van der Waals surface area contributed by atoms with Gasteiger partial charge in [0.1, 0.15) is 0 Å². The third-order valence-corrected chi connectivity index (χ3v) is 2.38. The number of rotatable bonds is 4. The highest BCUT2D eigenvalue weighted by molar-refractivity contribution is 5.80. The Morgan fingerprint density at radius 3 is 2.65 bits per heavy atom. The minimum Gasteiger partial charge on any atom is -0.357 e. The number of nitro groups is 1. The van der Waals surface area contributed by atoms with Crippen LogP contribution >= 0.6 is 0 Å². The molecule has 0 aliphatic heterocycles. The van der Waals surface area contributed by atoms with Crippen LogP contribution in [0.15, 0.2) is 29.3 Å². The van der Waals surface area contributed by atoms with E-state index in [0.29, 0.717) is 12.5 Å². The molecular weight excluding hydrogens is 256 g/mol. The van der Waals surface area contributed by atoms with Crippen molar-refractivity contribution in [1.82, 2.24) is 10.6 Å². The van der Waals surface area contributed by atoms with E-state index in [1.807, 2.05) is 33.8 Å². The molecule has 6 heteroatoms. The van der Waals surface area contributed by atoms with Gasteiger partial charge in [-0.05, 0) is 33.3 Å². The van der Waals surface area contributed by atoms with E-state index in [0.717, 1.165) is 12.1 Å². The van der Waals surface area contributed by atoms with Gasteiger partial charge >= 0.3 is 0 Å². The van der Waals surface area contributed by atoms with E-state index < -0.39 is 4.92 Å². The lowest BCUT2D eigenvalue weighted by Crippen LogP contribution is -2.47. The van der Waals surface area contributed by atoms with Gasteiger partial charge < -0.3 is 10.6 Å². The van der Waals surface area contributed by atoms with Gasteiger partial charge in [0.25, 0.3) is 5.69 Å². The maximum absolute atomic E-state index is 10.7. The summed E-state index contributed by atoms with van der Waals surface area (Å²) in [5.74, 6) is 0.700. The van der Waals surface area contributed by atoms with Crippen molar-refractivity contribution >= 4 is 11.6 Å². The third kappa shape index (κ3) is 5.69. The van der Waals surface area contributed by atoms with E-state index in [9.17, 15) is 10.1 Å². The van der Waals surface area contributed by atoms with E-state index in [1.165, 1.54) is 6.07 Å². The molecule has 20 heavy (non-hydrogen) atoms. The van der Waals surface area contributed by atoms with Crippen LogP contribution in [0.5, 0.6) is 0 Å². The first-order chi connectivity index (χ1) is 9.31. The average Bonchev–Trinajstić information content (AvgIpc) is 2.35. The molecule has 0 aliphatic carbocycles. The number of aliphatic imine (C=N–C) groups is 1. The van der Waals surface area contributed by atoms with Gasteiger partial charge in [0, 0.05) is 24.2 Å². The molecule has 0 aliphatic rings. The fraction of sp³-hybridized carbons (Fsp3) is 0.500. The van der Waals surface area contributed by atoms with Gasteiger partial charge in [0.15, 0.2) is 5.96 Å². The van der Waals surface area contributed by atoms with Crippen molar-refractivity contribution in [2.75, 3.05) is 6.54 Å². The first-order valence-corrected chi connectivity index (χ1v) is 6.61. The predicted octanol–water partition coefficient (Wildman–Crippen LogP) is 2.45. The van der Waals surface area contributed by atoms with Crippen LogP contribution < -0.4 is 10.6 Å². The molecule has 0 amide bonds. The number of non-ortho nitro benzene ring substituents is 1. The Morgan fingerprint density at radius 1 is 1.40 bits per heavy atom. The maximum atomic E-state index is 10.7. The lowest BCUT2D eigenvalue weighted by molar-refractivity contribution is -0.384. The molecule has 0 heterocycles. The number of hydrogen-bond acceptors (Lipinski definition) is 3. The van der Waals surface area contributed by atoms with E-state index in [-0.39, 0.29) is 11.2 Å². The van der Waals surface area contributed by atoms with E-state index >= 15 is 0 Å². The van der Waals surface area contributed by atoms with Crippen molar-refractivity contribution in [3.8, 4) is 0 Å². The monoisotopic (exact) mass is 278 g/mol. The lowest BCUT2D eigenvalue weighted by atomic mass is 10.1. The largest absolute Gasteiger partial charge is 0.357 e. The Kier molecular flexibility index (Phi) is 5.49. The summed E-state index contributed by atoms with van der Waals surface area (Å²) in [6, 6.07) is 6.53. The first-order valence-electron chi connectivity index (χ1n) is 6.61. The third-order valence-electron chi connectivity index (χ3n) is 2.38. The number of benzene rings is 1. The molecule has 0 aromatic heterocycles. The Bertz CT molecular complexity index is 492. The van der Waals surface area contributed by atoms with Crippen LogP contribution in [-0.2, 0) is 6.54 Å². The molecule has 1 rings (SSSR count). The second-order valence-corrected chi connectivity index (χ2v) is 5.50. The predicted molar refractivity (Wildman–Crippen MR) is 80.8 cm³/mol. The van der Waals surface area contributed by atoms with Crippen LogP contribution in [0.25, 0.3) is 0 Å². The fourth-order valence-corrected chi connectivity index (χ4v) is 1.60. The standard InChI is InChI=1S/C14H22N4O2/c1-5-15-13(17-14(2,3)4)16-10-11-7-6-8-12(9-11)18(19)20/h6-9H,5,10H2,1-4H3,(H2,15,16,17). The van der Waals surface area contributed by atoms with Gasteiger partial charge in [-0.3, -0.25) is 10.1 Å². The molecule has 0 unspecified atom stereocenters. The summed E-state index contributed by atoms with van der Waals surface area (Å²) < 4.78 is 0. The highest BCUT2D eigenvalue weighted by atomic mass is 16.6. The molecule has 0 radical (unpaired) electrons. The van der Waals surface area contributed by atoms with Gasteiger partial charge in [-0.2, -0.15) is 0 Å². The van der Waals surface area contributed by atoms with Crippen LogP contribution in [0.4, 0.5) is 5.69 Å². The summed E-state index contributed by atoms with van der Waals surface area (Å²) in [5, 5.41) is 17.1. The first kappa shape index (κ1) is 15.9. The minimum atomic E-state index is -0.397. The minimum absolute atomic E-state index is 0.0893. The van der Waals surface area contributed by atoms with Crippen molar-refractivity contribution < 1.29 is 4.92 Å². The number of nitrogens with one attached hydrogen (secondary N) is 2. The molecular formula is C14H22N4O2. The molecule has 0 spiro atoms. The molecule has 0 bridgehead atoms. The molecule has 0 saturated carbocycles. The van der Waals surface area contributed by atoms with E-state index in [2.05, 4.69) is 15.6 Å². The maximum Gasteiger partial charge on any atom is 0.269 e. The second-order valence-electron chi connectivity index (χ2n) is 5.50. The van der Waals surface area contributed by atoms with Crippen LogP contribution in [-0.4, -0.2) is 23.0 Å². The van der Waals surface area contributed by atoms with Gasteiger partial charge in [0.2, 0.25) is 0 Å². The Balaban J connectivity index is 2.81. The molecule has 0 atom stereocenters. The van der Waals surface area contributed by atoms with Crippen molar-refractivity contribution in [3.63, 3.8) is 0 Å². The van der Waals surface area contributed by atoms with Gasteiger partial charge in [-0.1, -0.05) is 12.1 Å². The SMILES string of the molecule is CCNC(=NCc1cccc([N+](=O)[O-])c1)NC(C)(C)C. The summed E-state index contributed by atoms with van der Waals surface area (Å²) in [6.07, 6.45) is 0. The van der Waals surface area contributed by atoms with Crippen molar-refractivity contribution in [3.05, 3.63) is 39.9 Å². The fourth-order valence-electron chi connectivity index (χ4n) is 1.60.